The molecule has 1 amide bonds. The molecule has 0 bridgehead atoms. The van der Waals surface area contributed by atoms with Crippen molar-refractivity contribution in [3.8, 4) is 5.75 Å². The Labute approximate surface area is 109 Å². The van der Waals surface area contributed by atoms with Gasteiger partial charge in [0.15, 0.2) is 0 Å². The van der Waals surface area contributed by atoms with Gasteiger partial charge in [0, 0.05) is 18.4 Å². The minimum Gasteiger partial charge on any atom is -0.493 e. The molecule has 0 aliphatic carbocycles. The van der Waals surface area contributed by atoms with Crippen LogP contribution >= 0.6 is 0 Å². The molecule has 1 aromatic carbocycles. The standard InChI is InChI=1S/C15H21NO2/c1-2-3-4-9-15(17)16-13-10-11-18-14-8-6-5-7-12(13)14/h5-8,13H,2-4,9-11H2,1H3,(H,16,17)/t13-/m1/s1. The van der Waals surface area contributed by atoms with Crippen molar-refractivity contribution in [2.75, 3.05) is 6.61 Å². The zero-order chi connectivity index (χ0) is 12.8. The third kappa shape index (κ3) is 3.25. The number of hydrogen-bond donors (Lipinski definition) is 1. The number of unbranched alkanes of at least 4 members (excludes halogenated alkanes) is 2. The lowest BCUT2D eigenvalue weighted by Crippen LogP contribution is -2.31. The Kier molecular flexibility index (Phi) is 4.62. The molecule has 1 heterocycles. The third-order valence-corrected chi connectivity index (χ3v) is 3.30. The number of rotatable bonds is 5. The molecule has 1 aliphatic heterocycles. The fraction of sp³-hybridized carbons (Fsp3) is 0.533. The Morgan fingerprint density at radius 1 is 1.39 bits per heavy atom. The van der Waals surface area contributed by atoms with E-state index in [9.17, 15) is 4.79 Å². The second kappa shape index (κ2) is 6.43. The summed E-state index contributed by atoms with van der Waals surface area (Å²) in [4.78, 5) is 11.8. The van der Waals surface area contributed by atoms with Gasteiger partial charge in [0.2, 0.25) is 5.91 Å². The molecule has 0 radical (unpaired) electrons. The molecule has 3 heteroatoms. The number of hydrogen-bond acceptors (Lipinski definition) is 2. The normalized spacial score (nSPS) is 17.7. The first kappa shape index (κ1) is 12.9. The van der Waals surface area contributed by atoms with Gasteiger partial charge < -0.3 is 10.1 Å². The fourth-order valence-corrected chi connectivity index (χ4v) is 2.29. The van der Waals surface area contributed by atoms with Crippen LogP contribution in [0.25, 0.3) is 0 Å². The van der Waals surface area contributed by atoms with E-state index >= 15 is 0 Å². The minimum atomic E-state index is 0.115. The zero-order valence-electron chi connectivity index (χ0n) is 10.9. The van der Waals surface area contributed by atoms with Crippen LogP contribution in [0.4, 0.5) is 0 Å². The summed E-state index contributed by atoms with van der Waals surface area (Å²) in [5, 5.41) is 3.12. The van der Waals surface area contributed by atoms with Crippen LogP contribution in [0.2, 0.25) is 0 Å². The predicted molar refractivity (Wildman–Crippen MR) is 71.6 cm³/mol. The number of carbonyl (C=O) groups is 1. The van der Waals surface area contributed by atoms with Crippen LogP contribution in [0.1, 0.15) is 50.6 Å². The Hall–Kier alpha value is -1.51. The van der Waals surface area contributed by atoms with Crippen molar-refractivity contribution in [3.05, 3.63) is 29.8 Å². The Morgan fingerprint density at radius 3 is 3.06 bits per heavy atom. The molecule has 2 rings (SSSR count). The number of ether oxygens (including phenoxy) is 1. The molecular formula is C15H21NO2. The molecule has 0 aromatic heterocycles. The molecule has 1 aromatic rings. The summed E-state index contributed by atoms with van der Waals surface area (Å²) in [7, 11) is 0. The third-order valence-electron chi connectivity index (χ3n) is 3.30. The molecule has 1 N–H and O–H groups in total. The predicted octanol–water partition coefficient (Wildman–Crippen LogP) is 3.21. The van der Waals surface area contributed by atoms with Gasteiger partial charge in [-0.15, -0.1) is 0 Å². The molecule has 0 spiro atoms. The molecule has 0 saturated heterocycles. The summed E-state index contributed by atoms with van der Waals surface area (Å²) in [6, 6.07) is 8.06. The van der Waals surface area contributed by atoms with E-state index in [1.807, 2.05) is 24.3 Å². The van der Waals surface area contributed by atoms with Gasteiger partial charge in [-0.2, -0.15) is 0 Å². The Balaban J connectivity index is 1.92. The highest BCUT2D eigenvalue weighted by Crippen LogP contribution is 2.31. The lowest BCUT2D eigenvalue weighted by molar-refractivity contribution is -0.122. The first-order chi connectivity index (χ1) is 8.81. The smallest absolute Gasteiger partial charge is 0.220 e. The van der Waals surface area contributed by atoms with Crippen LogP contribution in [0.5, 0.6) is 5.75 Å². The van der Waals surface area contributed by atoms with Crippen molar-refractivity contribution in [1.29, 1.82) is 0 Å². The van der Waals surface area contributed by atoms with Gasteiger partial charge in [0.1, 0.15) is 5.75 Å². The highest BCUT2D eigenvalue weighted by molar-refractivity contribution is 5.76. The van der Waals surface area contributed by atoms with Crippen molar-refractivity contribution in [1.82, 2.24) is 5.32 Å². The van der Waals surface area contributed by atoms with Crippen molar-refractivity contribution in [2.24, 2.45) is 0 Å². The van der Waals surface area contributed by atoms with E-state index in [1.54, 1.807) is 0 Å². The van der Waals surface area contributed by atoms with Crippen molar-refractivity contribution in [3.63, 3.8) is 0 Å². The Bertz CT molecular complexity index is 403. The van der Waals surface area contributed by atoms with Crippen molar-refractivity contribution in [2.45, 2.75) is 45.1 Å². The summed E-state index contributed by atoms with van der Waals surface area (Å²) in [5.74, 6) is 1.06. The van der Waals surface area contributed by atoms with Gasteiger partial charge in [-0.25, -0.2) is 0 Å². The lowest BCUT2D eigenvalue weighted by atomic mass is 10.0. The number of fused-ring (bicyclic) bond motifs is 1. The number of amides is 1. The van der Waals surface area contributed by atoms with Crippen LogP contribution in [-0.2, 0) is 4.79 Å². The highest BCUT2D eigenvalue weighted by atomic mass is 16.5. The number of benzene rings is 1. The molecule has 1 aliphatic rings. The van der Waals surface area contributed by atoms with Gasteiger partial charge in [-0.05, 0) is 12.5 Å². The van der Waals surface area contributed by atoms with E-state index in [0.717, 1.165) is 37.0 Å². The molecule has 1 atom stereocenters. The summed E-state index contributed by atoms with van der Waals surface area (Å²) in [6.45, 7) is 2.82. The number of nitrogens with one attached hydrogen (secondary N) is 1. The SMILES string of the molecule is CCCCCC(=O)N[C@@H]1CCOc2ccccc21. The largest absolute Gasteiger partial charge is 0.493 e. The molecule has 98 valence electrons. The van der Waals surface area contributed by atoms with Gasteiger partial charge >= 0.3 is 0 Å². The van der Waals surface area contributed by atoms with E-state index in [0.29, 0.717) is 13.0 Å². The summed E-state index contributed by atoms with van der Waals surface area (Å²) >= 11 is 0. The minimum absolute atomic E-state index is 0.115. The highest BCUT2D eigenvalue weighted by Gasteiger charge is 2.22. The lowest BCUT2D eigenvalue weighted by Gasteiger charge is -2.26. The summed E-state index contributed by atoms with van der Waals surface area (Å²) in [5.41, 5.74) is 1.10. The van der Waals surface area contributed by atoms with Crippen LogP contribution in [0, 0.1) is 0 Å². The second-order valence-corrected chi connectivity index (χ2v) is 4.75. The number of para-hydroxylation sites is 1. The molecule has 3 nitrogen and oxygen atoms in total. The number of carbonyl (C=O) groups excluding carboxylic acids is 1. The molecule has 18 heavy (non-hydrogen) atoms. The Morgan fingerprint density at radius 2 is 2.22 bits per heavy atom. The van der Waals surface area contributed by atoms with Crippen LogP contribution in [0.3, 0.4) is 0 Å². The van der Waals surface area contributed by atoms with Crippen molar-refractivity contribution < 1.29 is 9.53 Å². The molecular weight excluding hydrogens is 226 g/mol. The first-order valence-electron chi connectivity index (χ1n) is 6.82. The van der Waals surface area contributed by atoms with E-state index < -0.39 is 0 Å². The summed E-state index contributed by atoms with van der Waals surface area (Å²) in [6.07, 6.45) is 4.74. The average molecular weight is 247 g/mol. The zero-order valence-corrected chi connectivity index (χ0v) is 10.9. The maximum atomic E-state index is 11.8. The van der Waals surface area contributed by atoms with Crippen molar-refractivity contribution >= 4 is 5.91 Å². The molecule has 0 saturated carbocycles. The molecule has 0 unspecified atom stereocenters. The summed E-state index contributed by atoms with van der Waals surface area (Å²) < 4.78 is 5.58. The first-order valence-corrected chi connectivity index (χ1v) is 6.82. The van der Waals surface area contributed by atoms with Gasteiger partial charge in [-0.3, -0.25) is 4.79 Å². The monoisotopic (exact) mass is 247 g/mol. The van der Waals surface area contributed by atoms with Gasteiger partial charge in [0.05, 0.1) is 12.6 Å². The van der Waals surface area contributed by atoms with Crippen LogP contribution in [0.15, 0.2) is 24.3 Å². The fourth-order valence-electron chi connectivity index (χ4n) is 2.29. The van der Waals surface area contributed by atoms with E-state index in [4.69, 9.17) is 4.74 Å². The average Bonchev–Trinajstić information content (AvgIpc) is 2.39. The van der Waals surface area contributed by atoms with Crippen LogP contribution < -0.4 is 10.1 Å². The van der Waals surface area contributed by atoms with E-state index in [-0.39, 0.29) is 11.9 Å². The maximum Gasteiger partial charge on any atom is 0.220 e. The van der Waals surface area contributed by atoms with E-state index in [1.165, 1.54) is 0 Å². The van der Waals surface area contributed by atoms with E-state index in [2.05, 4.69) is 12.2 Å². The van der Waals surface area contributed by atoms with Crippen LogP contribution in [-0.4, -0.2) is 12.5 Å². The maximum absolute atomic E-state index is 11.8. The quantitative estimate of drug-likeness (QED) is 0.811. The topological polar surface area (TPSA) is 38.3 Å². The second-order valence-electron chi connectivity index (χ2n) is 4.75. The molecule has 0 fully saturated rings. The van der Waals surface area contributed by atoms with Gasteiger partial charge in [-0.1, -0.05) is 38.0 Å². The van der Waals surface area contributed by atoms with Gasteiger partial charge in [0.25, 0.3) is 0 Å².